The van der Waals surface area contributed by atoms with Crippen molar-refractivity contribution < 1.29 is 19.1 Å². The Morgan fingerprint density at radius 3 is 2.52 bits per heavy atom. The van der Waals surface area contributed by atoms with E-state index >= 15 is 0 Å². The van der Waals surface area contributed by atoms with E-state index in [1.807, 2.05) is 0 Å². The van der Waals surface area contributed by atoms with Crippen molar-refractivity contribution in [2.45, 2.75) is 58.9 Å². The van der Waals surface area contributed by atoms with Crippen LogP contribution in [0.5, 0.6) is 0 Å². The van der Waals surface area contributed by atoms with E-state index in [1.165, 1.54) is 12.5 Å². The van der Waals surface area contributed by atoms with E-state index in [2.05, 4.69) is 12.2 Å². The Morgan fingerprint density at radius 2 is 2.00 bits per heavy atom. The van der Waals surface area contributed by atoms with Crippen molar-refractivity contribution in [3.8, 4) is 0 Å². The van der Waals surface area contributed by atoms with Crippen LogP contribution in [-0.4, -0.2) is 17.0 Å². The van der Waals surface area contributed by atoms with Gasteiger partial charge in [0, 0.05) is 5.41 Å². The summed E-state index contributed by atoms with van der Waals surface area (Å²) < 4.78 is 5.38. The molecule has 0 saturated heterocycles. The Balaban J connectivity index is 2.00. The molecule has 1 aliphatic rings. The summed E-state index contributed by atoms with van der Waals surface area (Å²) in [6, 6.07) is 1.48. The Labute approximate surface area is 124 Å². The van der Waals surface area contributed by atoms with Crippen LogP contribution in [0.25, 0.3) is 0 Å². The van der Waals surface area contributed by atoms with Crippen molar-refractivity contribution in [2.75, 3.05) is 0 Å². The number of carboxylic acids is 1. The molecule has 2 N–H and O–H groups in total. The van der Waals surface area contributed by atoms with Crippen LogP contribution in [0.2, 0.25) is 0 Å². The highest BCUT2D eigenvalue weighted by atomic mass is 16.4. The number of carboxylic acid groups (broad SMARTS) is 1. The average Bonchev–Trinajstić information content (AvgIpc) is 2.86. The van der Waals surface area contributed by atoms with Crippen molar-refractivity contribution in [1.29, 1.82) is 0 Å². The number of carbonyl (C=O) groups is 2. The van der Waals surface area contributed by atoms with Crippen LogP contribution >= 0.6 is 0 Å². The molecule has 1 amide bonds. The number of amides is 1. The lowest BCUT2D eigenvalue weighted by atomic mass is 9.71. The smallest absolute Gasteiger partial charge is 0.339 e. The van der Waals surface area contributed by atoms with Crippen LogP contribution in [0, 0.1) is 12.3 Å². The first-order valence-electron chi connectivity index (χ1n) is 7.59. The summed E-state index contributed by atoms with van der Waals surface area (Å²) in [7, 11) is 0. The van der Waals surface area contributed by atoms with Gasteiger partial charge in [-0.3, -0.25) is 4.79 Å². The molecule has 5 heteroatoms. The number of hydrogen-bond donors (Lipinski definition) is 2. The van der Waals surface area contributed by atoms with Gasteiger partial charge in [-0.25, -0.2) is 4.79 Å². The standard InChI is InChI=1S/C16H23NO4/c1-3-16(7-5-4-6-8-16)15(20)17-10-12-9-13(14(18)19)11(2)21-12/h9H,3-8,10H2,1-2H3,(H,17,20)(H,18,19). The summed E-state index contributed by atoms with van der Waals surface area (Å²) in [6.07, 6.45) is 6.12. The quantitative estimate of drug-likeness (QED) is 0.873. The lowest BCUT2D eigenvalue weighted by molar-refractivity contribution is -0.133. The number of hydrogen-bond acceptors (Lipinski definition) is 3. The Kier molecular flexibility index (Phi) is 4.70. The summed E-state index contributed by atoms with van der Waals surface area (Å²) >= 11 is 0. The Hall–Kier alpha value is -1.78. The molecule has 1 heterocycles. The van der Waals surface area contributed by atoms with Crippen molar-refractivity contribution in [2.24, 2.45) is 5.41 Å². The molecule has 21 heavy (non-hydrogen) atoms. The fourth-order valence-corrected chi connectivity index (χ4v) is 3.17. The summed E-state index contributed by atoms with van der Waals surface area (Å²) in [5.41, 5.74) is -0.0997. The van der Waals surface area contributed by atoms with E-state index in [0.717, 1.165) is 32.1 Å². The molecule has 1 aliphatic carbocycles. The molecular weight excluding hydrogens is 270 g/mol. The summed E-state index contributed by atoms with van der Waals surface area (Å²) in [6.45, 7) is 3.92. The lowest BCUT2D eigenvalue weighted by Crippen LogP contribution is -2.41. The van der Waals surface area contributed by atoms with Gasteiger partial charge in [-0.15, -0.1) is 0 Å². The zero-order valence-corrected chi connectivity index (χ0v) is 12.7. The molecular formula is C16H23NO4. The van der Waals surface area contributed by atoms with E-state index in [4.69, 9.17) is 9.52 Å². The third-order valence-electron chi connectivity index (χ3n) is 4.59. The molecule has 0 bridgehead atoms. The van der Waals surface area contributed by atoms with Crippen molar-refractivity contribution >= 4 is 11.9 Å². The molecule has 116 valence electrons. The molecule has 5 nitrogen and oxygen atoms in total. The fraction of sp³-hybridized carbons (Fsp3) is 0.625. The molecule has 2 rings (SSSR count). The maximum atomic E-state index is 12.5. The fourth-order valence-electron chi connectivity index (χ4n) is 3.17. The number of aryl methyl sites for hydroxylation is 1. The van der Waals surface area contributed by atoms with E-state index in [1.54, 1.807) is 6.92 Å². The molecule has 1 aromatic heterocycles. The minimum Gasteiger partial charge on any atom is -0.478 e. The van der Waals surface area contributed by atoms with Gasteiger partial charge in [0.15, 0.2) is 0 Å². The molecule has 0 atom stereocenters. The van der Waals surface area contributed by atoms with Crippen molar-refractivity contribution in [1.82, 2.24) is 5.32 Å². The van der Waals surface area contributed by atoms with Crippen LogP contribution in [-0.2, 0) is 11.3 Å². The van der Waals surface area contributed by atoms with Crippen LogP contribution in [0.4, 0.5) is 0 Å². The van der Waals surface area contributed by atoms with Gasteiger partial charge in [-0.05, 0) is 32.3 Å². The molecule has 1 aromatic rings. The second-order valence-corrected chi connectivity index (χ2v) is 5.86. The zero-order chi connectivity index (χ0) is 15.5. The molecule has 0 aliphatic heterocycles. The molecule has 1 saturated carbocycles. The first kappa shape index (κ1) is 15.6. The Morgan fingerprint density at radius 1 is 1.33 bits per heavy atom. The third-order valence-corrected chi connectivity index (χ3v) is 4.59. The van der Waals surface area contributed by atoms with Crippen molar-refractivity contribution in [3.63, 3.8) is 0 Å². The lowest BCUT2D eigenvalue weighted by Gasteiger charge is -2.34. The van der Waals surface area contributed by atoms with Gasteiger partial charge < -0.3 is 14.8 Å². The molecule has 0 unspecified atom stereocenters. The monoisotopic (exact) mass is 293 g/mol. The van der Waals surface area contributed by atoms with Gasteiger partial charge in [0.05, 0.1) is 6.54 Å². The van der Waals surface area contributed by atoms with E-state index in [9.17, 15) is 9.59 Å². The highest BCUT2D eigenvalue weighted by Gasteiger charge is 2.37. The minimum atomic E-state index is -1.01. The van der Waals surface area contributed by atoms with E-state index < -0.39 is 5.97 Å². The first-order valence-corrected chi connectivity index (χ1v) is 7.59. The average molecular weight is 293 g/mol. The van der Waals surface area contributed by atoms with Crippen LogP contribution < -0.4 is 5.32 Å². The number of carbonyl (C=O) groups excluding carboxylic acids is 1. The largest absolute Gasteiger partial charge is 0.478 e. The van der Waals surface area contributed by atoms with Gasteiger partial charge in [-0.1, -0.05) is 26.2 Å². The second kappa shape index (κ2) is 6.33. The molecule has 0 radical (unpaired) electrons. The number of nitrogens with one attached hydrogen (secondary N) is 1. The minimum absolute atomic E-state index is 0.0654. The van der Waals surface area contributed by atoms with Gasteiger partial charge in [0.1, 0.15) is 17.1 Å². The van der Waals surface area contributed by atoms with Crippen LogP contribution in [0.1, 0.15) is 67.3 Å². The summed E-state index contributed by atoms with van der Waals surface area (Å²) in [5, 5.41) is 11.9. The van der Waals surface area contributed by atoms with Gasteiger partial charge in [0.2, 0.25) is 5.91 Å². The predicted molar refractivity (Wildman–Crippen MR) is 78.1 cm³/mol. The molecule has 1 fully saturated rings. The maximum absolute atomic E-state index is 12.5. The third kappa shape index (κ3) is 3.28. The summed E-state index contributed by atoms with van der Waals surface area (Å²) in [4.78, 5) is 23.5. The van der Waals surface area contributed by atoms with Crippen molar-refractivity contribution in [3.05, 3.63) is 23.2 Å². The summed E-state index contributed by atoms with van der Waals surface area (Å²) in [5.74, 6) is -0.0864. The highest BCUT2D eigenvalue weighted by Crippen LogP contribution is 2.39. The van der Waals surface area contributed by atoms with Gasteiger partial charge in [-0.2, -0.15) is 0 Å². The zero-order valence-electron chi connectivity index (χ0n) is 12.7. The topological polar surface area (TPSA) is 79.5 Å². The SMILES string of the molecule is CCC1(C(=O)NCc2cc(C(=O)O)c(C)o2)CCCCC1. The predicted octanol–water partition coefficient (Wildman–Crippen LogP) is 3.26. The number of rotatable bonds is 5. The van der Waals surface area contributed by atoms with E-state index in [-0.39, 0.29) is 23.4 Å². The normalized spacial score (nSPS) is 17.4. The maximum Gasteiger partial charge on any atom is 0.339 e. The van der Waals surface area contributed by atoms with Gasteiger partial charge >= 0.3 is 5.97 Å². The number of aromatic carboxylic acids is 1. The van der Waals surface area contributed by atoms with Gasteiger partial charge in [0.25, 0.3) is 0 Å². The second-order valence-electron chi connectivity index (χ2n) is 5.86. The molecule has 0 spiro atoms. The molecule has 0 aromatic carbocycles. The highest BCUT2D eigenvalue weighted by molar-refractivity contribution is 5.88. The first-order chi connectivity index (χ1) is 9.98. The Bertz CT molecular complexity index is 526. The number of furan rings is 1. The van der Waals surface area contributed by atoms with Crippen LogP contribution in [0.15, 0.2) is 10.5 Å². The van der Waals surface area contributed by atoms with Crippen LogP contribution in [0.3, 0.4) is 0 Å². The van der Waals surface area contributed by atoms with E-state index in [0.29, 0.717) is 11.5 Å².